The van der Waals surface area contributed by atoms with Gasteiger partial charge in [0.1, 0.15) is 17.7 Å². The number of imidazole rings is 1. The first-order valence-electron chi connectivity index (χ1n) is 4.70. The number of halogens is 2. The summed E-state index contributed by atoms with van der Waals surface area (Å²) in [4.78, 5) is 4.07. The molecule has 0 aliphatic rings. The Balaban J connectivity index is 2.41. The topological polar surface area (TPSA) is 38.0 Å². The minimum atomic E-state index is -0.826. The van der Waals surface area contributed by atoms with E-state index in [1.54, 1.807) is 23.0 Å². The molecule has 1 atom stereocenters. The highest BCUT2D eigenvalue weighted by Gasteiger charge is 2.17. The van der Waals surface area contributed by atoms with Gasteiger partial charge in [-0.25, -0.2) is 9.37 Å². The smallest absolute Gasteiger partial charge is 0.142 e. The summed E-state index contributed by atoms with van der Waals surface area (Å²) >= 11 is 2.00. The van der Waals surface area contributed by atoms with E-state index in [2.05, 4.69) is 4.98 Å². The van der Waals surface area contributed by atoms with Crippen LogP contribution >= 0.6 is 22.6 Å². The average Bonchev–Trinajstić information content (AvgIpc) is 2.63. The molecule has 0 aliphatic carbocycles. The van der Waals surface area contributed by atoms with Crippen molar-refractivity contribution >= 4 is 22.6 Å². The third-order valence-electron chi connectivity index (χ3n) is 2.36. The second-order valence-electron chi connectivity index (χ2n) is 3.46. The molecule has 2 aromatic rings. The van der Waals surface area contributed by atoms with Crippen LogP contribution in [0.15, 0.2) is 30.6 Å². The fraction of sp³-hybridized carbons (Fsp3) is 0.182. The Morgan fingerprint density at radius 1 is 1.50 bits per heavy atom. The molecule has 16 heavy (non-hydrogen) atoms. The van der Waals surface area contributed by atoms with Gasteiger partial charge >= 0.3 is 0 Å². The maximum atomic E-state index is 12.9. The first kappa shape index (κ1) is 11.5. The van der Waals surface area contributed by atoms with E-state index in [4.69, 9.17) is 0 Å². The van der Waals surface area contributed by atoms with Gasteiger partial charge in [-0.05, 0) is 34.7 Å². The Kier molecular flexibility index (Phi) is 3.25. The Hall–Kier alpha value is -0.950. The quantitative estimate of drug-likeness (QED) is 0.857. The van der Waals surface area contributed by atoms with Crippen molar-refractivity contribution in [1.29, 1.82) is 0 Å². The largest absolute Gasteiger partial charge is 0.380 e. The van der Waals surface area contributed by atoms with Crippen LogP contribution in [0.2, 0.25) is 0 Å². The molecule has 0 saturated carbocycles. The van der Waals surface area contributed by atoms with Crippen molar-refractivity contribution in [3.05, 3.63) is 51.4 Å². The van der Waals surface area contributed by atoms with Crippen LogP contribution in [0.25, 0.3) is 0 Å². The fourth-order valence-corrected chi connectivity index (χ4v) is 2.28. The van der Waals surface area contributed by atoms with E-state index in [1.807, 2.05) is 29.6 Å². The summed E-state index contributed by atoms with van der Waals surface area (Å²) in [5, 5.41) is 10.1. The molecule has 1 aromatic heterocycles. The monoisotopic (exact) mass is 332 g/mol. The zero-order valence-electron chi connectivity index (χ0n) is 8.56. The molecular weight excluding hydrogens is 322 g/mol. The van der Waals surface area contributed by atoms with Gasteiger partial charge in [-0.15, -0.1) is 0 Å². The maximum Gasteiger partial charge on any atom is 0.142 e. The summed E-state index contributed by atoms with van der Waals surface area (Å²) in [6.45, 7) is 0. The molecule has 0 bridgehead atoms. The summed E-state index contributed by atoms with van der Waals surface area (Å²) in [6.07, 6.45) is 2.55. The van der Waals surface area contributed by atoms with Gasteiger partial charge in [-0.2, -0.15) is 0 Å². The lowest BCUT2D eigenvalue weighted by molar-refractivity contribution is 0.205. The second-order valence-corrected chi connectivity index (χ2v) is 4.63. The summed E-state index contributed by atoms with van der Waals surface area (Å²) in [5.74, 6) is 0.240. The van der Waals surface area contributed by atoms with E-state index in [0.717, 1.165) is 0 Å². The number of aliphatic hydroxyl groups is 1. The van der Waals surface area contributed by atoms with Crippen LogP contribution < -0.4 is 0 Å². The highest BCUT2D eigenvalue weighted by Crippen LogP contribution is 2.25. The van der Waals surface area contributed by atoms with E-state index in [1.165, 1.54) is 12.1 Å². The molecule has 0 radical (unpaired) electrons. The van der Waals surface area contributed by atoms with Gasteiger partial charge < -0.3 is 9.67 Å². The maximum absolute atomic E-state index is 12.9. The van der Waals surface area contributed by atoms with Crippen LogP contribution in [0.3, 0.4) is 0 Å². The van der Waals surface area contributed by atoms with E-state index in [0.29, 0.717) is 15.0 Å². The highest BCUT2D eigenvalue weighted by molar-refractivity contribution is 14.1. The molecular formula is C11H10FIN2O. The van der Waals surface area contributed by atoms with Gasteiger partial charge in [0, 0.05) is 28.6 Å². The number of hydrogen-bond acceptors (Lipinski definition) is 2. The lowest BCUT2D eigenvalue weighted by Crippen LogP contribution is -2.08. The van der Waals surface area contributed by atoms with Gasteiger partial charge in [0.2, 0.25) is 0 Å². The van der Waals surface area contributed by atoms with E-state index in [-0.39, 0.29) is 5.82 Å². The fourth-order valence-electron chi connectivity index (χ4n) is 1.50. The van der Waals surface area contributed by atoms with E-state index in [9.17, 15) is 9.50 Å². The van der Waals surface area contributed by atoms with Gasteiger partial charge in [-0.1, -0.05) is 6.07 Å². The number of aromatic nitrogens is 2. The lowest BCUT2D eigenvalue weighted by atomic mass is 10.1. The number of hydrogen-bond donors (Lipinski definition) is 1. The first-order valence-corrected chi connectivity index (χ1v) is 5.77. The molecule has 0 amide bonds. The van der Waals surface area contributed by atoms with Crippen molar-refractivity contribution in [3.8, 4) is 0 Å². The van der Waals surface area contributed by atoms with Gasteiger partial charge in [0.05, 0.1) is 0 Å². The molecule has 2 rings (SSSR count). The zero-order valence-corrected chi connectivity index (χ0v) is 10.7. The molecule has 5 heteroatoms. The van der Waals surface area contributed by atoms with Crippen molar-refractivity contribution in [3.63, 3.8) is 0 Å². The molecule has 1 unspecified atom stereocenters. The molecule has 0 fully saturated rings. The standard InChI is InChI=1S/C11H10FIN2O/c1-15-5-4-14-11(15)10(16)8-3-2-7(12)6-9(8)13/h2-6,10,16H,1H3. The van der Waals surface area contributed by atoms with Crippen molar-refractivity contribution in [2.24, 2.45) is 7.05 Å². The van der Waals surface area contributed by atoms with Crippen LogP contribution in [0.5, 0.6) is 0 Å². The SMILES string of the molecule is Cn1ccnc1C(O)c1ccc(F)cc1I. The first-order chi connectivity index (χ1) is 7.59. The number of nitrogens with zero attached hydrogens (tertiary/aromatic N) is 2. The van der Waals surface area contributed by atoms with Gasteiger partial charge in [0.25, 0.3) is 0 Å². The van der Waals surface area contributed by atoms with E-state index < -0.39 is 6.10 Å². The highest BCUT2D eigenvalue weighted by atomic mass is 127. The predicted octanol–water partition coefficient (Wildman–Crippen LogP) is 2.25. The Labute approximate surface area is 106 Å². The minimum absolute atomic E-state index is 0.305. The lowest BCUT2D eigenvalue weighted by Gasteiger charge is -2.12. The van der Waals surface area contributed by atoms with Crippen LogP contribution in [-0.2, 0) is 7.05 Å². The van der Waals surface area contributed by atoms with Crippen molar-refractivity contribution in [2.75, 3.05) is 0 Å². The third kappa shape index (κ3) is 2.10. The van der Waals surface area contributed by atoms with Crippen LogP contribution in [0, 0.1) is 9.39 Å². The number of benzene rings is 1. The van der Waals surface area contributed by atoms with E-state index >= 15 is 0 Å². The molecule has 84 valence electrons. The average molecular weight is 332 g/mol. The molecule has 0 spiro atoms. The normalized spacial score (nSPS) is 12.8. The summed E-state index contributed by atoms with van der Waals surface area (Å²) < 4.78 is 15.4. The Morgan fingerprint density at radius 3 is 2.81 bits per heavy atom. The van der Waals surface area contributed by atoms with Gasteiger partial charge in [0.15, 0.2) is 0 Å². The zero-order chi connectivity index (χ0) is 11.7. The van der Waals surface area contributed by atoms with Crippen LogP contribution in [0.1, 0.15) is 17.5 Å². The summed E-state index contributed by atoms with van der Waals surface area (Å²) in [6, 6.07) is 4.31. The molecule has 0 aliphatic heterocycles. The molecule has 1 aromatic carbocycles. The van der Waals surface area contributed by atoms with Crippen LogP contribution in [-0.4, -0.2) is 14.7 Å². The number of rotatable bonds is 2. The third-order valence-corrected chi connectivity index (χ3v) is 3.29. The summed E-state index contributed by atoms with van der Waals surface area (Å²) in [7, 11) is 1.81. The van der Waals surface area contributed by atoms with Crippen LogP contribution in [0.4, 0.5) is 4.39 Å². The predicted molar refractivity (Wildman–Crippen MR) is 66.4 cm³/mol. The Bertz CT molecular complexity index is 512. The minimum Gasteiger partial charge on any atom is -0.380 e. The van der Waals surface area contributed by atoms with Crippen molar-refractivity contribution in [1.82, 2.24) is 9.55 Å². The molecule has 1 N–H and O–H groups in total. The summed E-state index contributed by atoms with van der Waals surface area (Å²) in [5.41, 5.74) is 0.663. The second kappa shape index (κ2) is 4.50. The van der Waals surface area contributed by atoms with Crippen molar-refractivity contribution in [2.45, 2.75) is 6.10 Å². The molecule has 3 nitrogen and oxygen atoms in total. The number of aryl methyl sites for hydroxylation is 1. The molecule has 0 saturated heterocycles. The number of aliphatic hydroxyl groups excluding tert-OH is 1. The van der Waals surface area contributed by atoms with Gasteiger partial charge in [-0.3, -0.25) is 0 Å². The van der Waals surface area contributed by atoms with Crippen molar-refractivity contribution < 1.29 is 9.50 Å². The molecule has 1 heterocycles. The Morgan fingerprint density at radius 2 is 2.25 bits per heavy atom.